The van der Waals surface area contributed by atoms with Gasteiger partial charge in [-0.2, -0.15) is 0 Å². The fourth-order valence-electron chi connectivity index (χ4n) is 3.73. The molecule has 0 aliphatic carbocycles. The minimum Gasteiger partial charge on any atom is -0.481 e. The van der Waals surface area contributed by atoms with Crippen LogP contribution in [0.1, 0.15) is 26.2 Å². The highest BCUT2D eigenvalue weighted by molar-refractivity contribution is 9.10. The van der Waals surface area contributed by atoms with E-state index in [1.807, 2.05) is 4.90 Å². The third kappa shape index (κ3) is 5.44. The van der Waals surface area contributed by atoms with E-state index in [-0.39, 0.29) is 24.2 Å². The van der Waals surface area contributed by atoms with Crippen molar-refractivity contribution in [3.63, 3.8) is 0 Å². The van der Waals surface area contributed by atoms with Gasteiger partial charge in [0, 0.05) is 43.2 Å². The number of amides is 2. The number of likely N-dealkylation sites (tertiary alicyclic amines) is 1. The maximum absolute atomic E-state index is 13.8. The van der Waals surface area contributed by atoms with Crippen LogP contribution in [-0.4, -0.2) is 78.4 Å². The summed E-state index contributed by atoms with van der Waals surface area (Å²) in [5, 5.41) is 0. The molecule has 0 N–H and O–H groups in total. The number of hydrogen-bond acceptors (Lipinski definition) is 4. The highest BCUT2D eigenvalue weighted by Crippen LogP contribution is 2.21. The van der Waals surface area contributed by atoms with Crippen LogP contribution in [0.15, 0.2) is 22.7 Å². The second-order valence-corrected chi connectivity index (χ2v) is 8.37. The van der Waals surface area contributed by atoms with Crippen LogP contribution in [0.25, 0.3) is 0 Å². The quantitative estimate of drug-likeness (QED) is 0.684. The molecular formula is C20H27BrFN3O3. The number of benzene rings is 1. The summed E-state index contributed by atoms with van der Waals surface area (Å²) in [5.74, 6) is -0.423. The van der Waals surface area contributed by atoms with Gasteiger partial charge in [-0.3, -0.25) is 14.5 Å². The molecule has 2 fully saturated rings. The molecule has 2 aliphatic rings. The minimum absolute atomic E-state index is 0.0661. The van der Waals surface area contributed by atoms with E-state index >= 15 is 0 Å². The fourth-order valence-corrected chi connectivity index (χ4v) is 4.06. The highest BCUT2D eigenvalue weighted by Gasteiger charge is 2.27. The molecule has 2 aliphatic heterocycles. The average Bonchev–Trinajstić information content (AvgIpc) is 2.68. The summed E-state index contributed by atoms with van der Waals surface area (Å²) in [7, 11) is 0. The normalized spacial score (nSPS) is 20.9. The van der Waals surface area contributed by atoms with E-state index < -0.39 is 5.82 Å². The van der Waals surface area contributed by atoms with Crippen LogP contribution < -0.4 is 4.74 Å². The van der Waals surface area contributed by atoms with Gasteiger partial charge in [-0.05, 0) is 44.4 Å². The third-order valence-corrected chi connectivity index (χ3v) is 5.95. The molecule has 1 aromatic carbocycles. The summed E-state index contributed by atoms with van der Waals surface area (Å²) in [6.07, 6.45) is 3.35. The molecule has 0 bridgehead atoms. The summed E-state index contributed by atoms with van der Waals surface area (Å²) < 4.78 is 19.7. The van der Waals surface area contributed by atoms with Gasteiger partial charge in [0.2, 0.25) is 5.91 Å². The van der Waals surface area contributed by atoms with E-state index in [0.29, 0.717) is 43.2 Å². The predicted molar refractivity (Wildman–Crippen MR) is 108 cm³/mol. The Hall–Kier alpha value is -1.67. The number of nitrogens with zero attached hydrogens (tertiary/aromatic N) is 3. The van der Waals surface area contributed by atoms with E-state index in [4.69, 9.17) is 4.74 Å². The van der Waals surface area contributed by atoms with Gasteiger partial charge in [0.15, 0.2) is 18.2 Å². The molecule has 2 heterocycles. The van der Waals surface area contributed by atoms with Crippen molar-refractivity contribution >= 4 is 27.7 Å². The van der Waals surface area contributed by atoms with Gasteiger partial charge < -0.3 is 14.5 Å². The maximum atomic E-state index is 13.8. The van der Waals surface area contributed by atoms with Crippen LogP contribution in [0.4, 0.5) is 4.39 Å². The lowest BCUT2D eigenvalue weighted by Gasteiger charge is -2.38. The molecule has 0 saturated carbocycles. The molecule has 1 aromatic rings. The summed E-state index contributed by atoms with van der Waals surface area (Å²) in [5.41, 5.74) is 0. The van der Waals surface area contributed by atoms with Crippen LogP contribution >= 0.6 is 15.9 Å². The van der Waals surface area contributed by atoms with Crippen molar-refractivity contribution in [2.75, 3.05) is 45.9 Å². The number of piperidine rings is 1. The van der Waals surface area contributed by atoms with Crippen LogP contribution in [0, 0.1) is 5.82 Å². The highest BCUT2D eigenvalue weighted by atomic mass is 79.9. The molecule has 8 heteroatoms. The Balaban J connectivity index is 1.41. The first kappa shape index (κ1) is 21.0. The lowest BCUT2D eigenvalue weighted by molar-refractivity contribution is -0.138. The number of halogens is 2. The van der Waals surface area contributed by atoms with Crippen molar-refractivity contribution in [3.05, 3.63) is 28.5 Å². The zero-order valence-electron chi connectivity index (χ0n) is 16.2. The molecule has 2 amide bonds. The summed E-state index contributed by atoms with van der Waals surface area (Å²) in [6.45, 7) is 5.60. The van der Waals surface area contributed by atoms with Gasteiger partial charge >= 0.3 is 0 Å². The number of hydrogen-bond donors (Lipinski definition) is 0. The Morgan fingerprint density at radius 1 is 1.14 bits per heavy atom. The minimum atomic E-state index is -0.502. The Bertz CT molecular complexity index is 710. The monoisotopic (exact) mass is 455 g/mol. The standard InChI is InChI=1S/C20H27BrFN3O3/c1-15-4-2-3-7-25(15)19(26)13-23-8-10-24(11-9-23)20(27)14-28-18-6-5-16(21)12-17(18)22/h5-6,12,15H,2-4,7-11,13-14H2,1H3. The predicted octanol–water partition coefficient (Wildman–Crippen LogP) is 2.51. The van der Waals surface area contributed by atoms with Crippen molar-refractivity contribution in [3.8, 4) is 5.75 Å². The Kier molecular flexibility index (Phi) is 7.29. The van der Waals surface area contributed by atoms with Crippen molar-refractivity contribution in [2.45, 2.75) is 32.2 Å². The molecule has 28 heavy (non-hydrogen) atoms. The Labute approximate surface area is 173 Å². The SMILES string of the molecule is CC1CCCCN1C(=O)CN1CCN(C(=O)COc2ccc(Br)cc2F)CC1. The van der Waals surface area contributed by atoms with Crippen LogP contribution in [0.2, 0.25) is 0 Å². The van der Waals surface area contributed by atoms with Crippen LogP contribution in [-0.2, 0) is 9.59 Å². The number of carbonyl (C=O) groups is 2. The van der Waals surface area contributed by atoms with Gasteiger partial charge in [0.1, 0.15) is 0 Å². The smallest absolute Gasteiger partial charge is 0.260 e. The van der Waals surface area contributed by atoms with E-state index in [0.717, 1.165) is 19.4 Å². The number of carbonyl (C=O) groups excluding carboxylic acids is 2. The largest absolute Gasteiger partial charge is 0.481 e. The molecule has 0 aromatic heterocycles. The number of piperazine rings is 1. The number of rotatable bonds is 5. The zero-order valence-corrected chi connectivity index (χ0v) is 17.8. The second-order valence-electron chi connectivity index (χ2n) is 7.45. The first-order valence-corrected chi connectivity index (χ1v) is 10.6. The Morgan fingerprint density at radius 3 is 2.57 bits per heavy atom. The van der Waals surface area contributed by atoms with Crippen LogP contribution in [0.3, 0.4) is 0 Å². The molecule has 0 radical (unpaired) electrons. The van der Waals surface area contributed by atoms with Crippen molar-refractivity contribution in [1.29, 1.82) is 0 Å². The van der Waals surface area contributed by atoms with Crippen molar-refractivity contribution in [1.82, 2.24) is 14.7 Å². The Morgan fingerprint density at radius 2 is 1.89 bits per heavy atom. The van der Waals surface area contributed by atoms with Crippen LogP contribution in [0.5, 0.6) is 5.75 Å². The molecule has 1 atom stereocenters. The molecular weight excluding hydrogens is 429 g/mol. The summed E-state index contributed by atoms with van der Waals surface area (Å²) in [6, 6.07) is 4.79. The van der Waals surface area contributed by atoms with Gasteiger partial charge in [0.05, 0.1) is 6.54 Å². The second kappa shape index (κ2) is 9.69. The molecule has 2 saturated heterocycles. The molecule has 3 rings (SSSR count). The van der Waals surface area contributed by atoms with Gasteiger partial charge in [0.25, 0.3) is 5.91 Å². The molecule has 1 unspecified atom stereocenters. The van der Waals surface area contributed by atoms with Gasteiger partial charge in [-0.1, -0.05) is 15.9 Å². The summed E-state index contributed by atoms with van der Waals surface area (Å²) in [4.78, 5) is 30.7. The first-order valence-electron chi connectivity index (χ1n) is 9.81. The molecule has 0 spiro atoms. The first-order chi connectivity index (χ1) is 13.4. The van der Waals surface area contributed by atoms with Crippen molar-refractivity contribution in [2.24, 2.45) is 0 Å². The van der Waals surface area contributed by atoms with E-state index in [1.54, 1.807) is 11.0 Å². The van der Waals surface area contributed by atoms with E-state index in [2.05, 4.69) is 27.8 Å². The third-order valence-electron chi connectivity index (χ3n) is 5.45. The lowest BCUT2D eigenvalue weighted by atomic mass is 10.0. The topological polar surface area (TPSA) is 53.1 Å². The van der Waals surface area contributed by atoms with E-state index in [1.165, 1.54) is 18.6 Å². The summed E-state index contributed by atoms with van der Waals surface area (Å²) >= 11 is 3.19. The molecule has 6 nitrogen and oxygen atoms in total. The zero-order chi connectivity index (χ0) is 20.1. The average molecular weight is 456 g/mol. The van der Waals surface area contributed by atoms with Crippen molar-refractivity contribution < 1.29 is 18.7 Å². The molecule has 154 valence electrons. The maximum Gasteiger partial charge on any atom is 0.260 e. The van der Waals surface area contributed by atoms with E-state index in [9.17, 15) is 14.0 Å². The van der Waals surface area contributed by atoms with Gasteiger partial charge in [-0.15, -0.1) is 0 Å². The number of ether oxygens (including phenoxy) is 1. The lowest BCUT2D eigenvalue weighted by Crippen LogP contribution is -2.53. The fraction of sp³-hybridized carbons (Fsp3) is 0.600. The van der Waals surface area contributed by atoms with Gasteiger partial charge in [-0.25, -0.2) is 4.39 Å².